The van der Waals surface area contributed by atoms with Gasteiger partial charge in [-0.3, -0.25) is 4.79 Å². The highest BCUT2D eigenvalue weighted by Crippen LogP contribution is 2.24. The number of rotatable bonds is 5. The van der Waals surface area contributed by atoms with Gasteiger partial charge in [0.15, 0.2) is 0 Å². The Balaban J connectivity index is 1.78. The summed E-state index contributed by atoms with van der Waals surface area (Å²) in [6, 6.07) is 7.57. The van der Waals surface area contributed by atoms with Crippen molar-refractivity contribution < 1.29 is 26.7 Å². The predicted molar refractivity (Wildman–Crippen MR) is 108 cm³/mol. The zero-order valence-corrected chi connectivity index (χ0v) is 17.5. The molecule has 1 aliphatic rings. The Morgan fingerprint density at radius 3 is 2.52 bits per heavy atom. The normalized spacial score (nSPS) is 15.6. The molecule has 10 heteroatoms. The van der Waals surface area contributed by atoms with Gasteiger partial charge in [-0.15, -0.1) is 0 Å². The number of sulfonamides is 1. The van der Waals surface area contributed by atoms with Gasteiger partial charge in [-0.1, -0.05) is 15.9 Å². The minimum atomic E-state index is -4.06. The Labute approximate surface area is 175 Å². The first kappa shape index (κ1) is 21.6. The van der Waals surface area contributed by atoms with E-state index in [-0.39, 0.29) is 37.6 Å². The molecule has 2 aromatic carbocycles. The molecule has 3 rings (SSSR count). The van der Waals surface area contributed by atoms with Crippen molar-refractivity contribution in [3.05, 3.63) is 64.1 Å². The fourth-order valence-corrected chi connectivity index (χ4v) is 4.57. The molecule has 1 aliphatic heterocycles. The monoisotopic (exact) mass is 486 g/mol. The largest absolute Gasteiger partial charge is 0.379 e. The Morgan fingerprint density at radius 2 is 1.79 bits per heavy atom. The second-order valence-electron chi connectivity index (χ2n) is 6.15. The fourth-order valence-electron chi connectivity index (χ4n) is 2.70. The van der Waals surface area contributed by atoms with Crippen LogP contribution in [0.2, 0.25) is 0 Å². The van der Waals surface area contributed by atoms with Crippen molar-refractivity contribution in [2.24, 2.45) is 0 Å². The van der Waals surface area contributed by atoms with Crippen molar-refractivity contribution in [3.8, 4) is 0 Å². The standard InChI is InChI=1S/C19H17BrF2N2O4S/c20-14-2-4-16(21)13(11-14)1-6-19(25)23-15-3-5-17(22)18(12-15)29(26,27)24-7-9-28-10-8-24/h1-6,11-12H,7-10H2,(H,23,25). The van der Waals surface area contributed by atoms with Crippen LogP contribution in [0, 0.1) is 11.6 Å². The third-order valence-corrected chi connectivity index (χ3v) is 6.57. The molecule has 0 bridgehead atoms. The number of nitrogens with zero attached hydrogens (tertiary/aromatic N) is 1. The van der Waals surface area contributed by atoms with E-state index in [1.54, 1.807) is 0 Å². The topological polar surface area (TPSA) is 75.7 Å². The summed E-state index contributed by atoms with van der Waals surface area (Å²) in [6.45, 7) is 0.709. The minimum Gasteiger partial charge on any atom is -0.379 e. The highest BCUT2D eigenvalue weighted by atomic mass is 79.9. The van der Waals surface area contributed by atoms with E-state index < -0.39 is 32.5 Å². The lowest BCUT2D eigenvalue weighted by atomic mass is 10.2. The van der Waals surface area contributed by atoms with Crippen LogP contribution >= 0.6 is 15.9 Å². The average Bonchev–Trinajstić information content (AvgIpc) is 2.70. The number of morpholine rings is 1. The van der Waals surface area contributed by atoms with Crippen LogP contribution in [0.4, 0.5) is 14.5 Å². The average molecular weight is 487 g/mol. The summed E-state index contributed by atoms with van der Waals surface area (Å²) in [5, 5.41) is 2.45. The van der Waals surface area contributed by atoms with Gasteiger partial charge < -0.3 is 10.1 Å². The molecule has 0 atom stereocenters. The van der Waals surface area contributed by atoms with Crippen LogP contribution in [0.25, 0.3) is 6.08 Å². The van der Waals surface area contributed by atoms with E-state index in [2.05, 4.69) is 21.2 Å². The Kier molecular flexibility index (Phi) is 6.78. The van der Waals surface area contributed by atoms with Gasteiger partial charge in [0.1, 0.15) is 16.5 Å². The summed E-state index contributed by atoms with van der Waals surface area (Å²) in [6.07, 6.45) is 2.38. The number of anilines is 1. The number of carbonyl (C=O) groups excluding carboxylic acids is 1. The highest BCUT2D eigenvalue weighted by molar-refractivity contribution is 9.10. The quantitative estimate of drug-likeness (QED) is 0.657. The summed E-state index contributed by atoms with van der Waals surface area (Å²) in [7, 11) is -4.06. The molecule has 1 heterocycles. The number of halogens is 3. The Morgan fingerprint density at radius 1 is 1.10 bits per heavy atom. The van der Waals surface area contributed by atoms with E-state index in [1.807, 2.05) is 0 Å². The number of carbonyl (C=O) groups is 1. The third-order valence-electron chi connectivity index (χ3n) is 4.16. The molecule has 154 valence electrons. The first-order valence-corrected chi connectivity index (χ1v) is 10.8. The predicted octanol–water partition coefficient (Wildman–Crippen LogP) is 3.40. The van der Waals surface area contributed by atoms with Crippen molar-refractivity contribution in [1.29, 1.82) is 0 Å². The van der Waals surface area contributed by atoms with Gasteiger partial charge >= 0.3 is 0 Å². The van der Waals surface area contributed by atoms with Crippen LogP contribution in [0.5, 0.6) is 0 Å². The number of hydrogen-bond donors (Lipinski definition) is 1. The summed E-state index contributed by atoms with van der Waals surface area (Å²) < 4.78 is 60.2. The second-order valence-corrected chi connectivity index (χ2v) is 8.97. The van der Waals surface area contributed by atoms with Gasteiger partial charge in [0.25, 0.3) is 0 Å². The Hall–Kier alpha value is -2.14. The van der Waals surface area contributed by atoms with Crippen LogP contribution in [0.3, 0.4) is 0 Å². The molecule has 0 radical (unpaired) electrons. The van der Waals surface area contributed by atoms with Crippen molar-refractivity contribution in [2.75, 3.05) is 31.6 Å². The van der Waals surface area contributed by atoms with Gasteiger partial charge in [-0.2, -0.15) is 4.31 Å². The van der Waals surface area contributed by atoms with E-state index >= 15 is 0 Å². The molecule has 0 saturated carbocycles. The number of nitrogens with one attached hydrogen (secondary N) is 1. The molecule has 1 saturated heterocycles. The first-order chi connectivity index (χ1) is 13.8. The van der Waals surface area contributed by atoms with E-state index in [0.29, 0.717) is 4.47 Å². The molecule has 29 heavy (non-hydrogen) atoms. The van der Waals surface area contributed by atoms with Gasteiger partial charge in [-0.05, 0) is 42.5 Å². The molecule has 2 aromatic rings. The van der Waals surface area contributed by atoms with Crippen LogP contribution in [-0.2, 0) is 19.6 Å². The summed E-state index contributed by atoms with van der Waals surface area (Å²) >= 11 is 3.22. The smallest absolute Gasteiger partial charge is 0.248 e. The molecule has 0 aromatic heterocycles. The van der Waals surface area contributed by atoms with Crippen LogP contribution < -0.4 is 5.32 Å². The SMILES string of the molecule is O=C(C=Cc1cc(Br)ccc1F)Nc1ccc(F)c(S(=O)(=O)N2CCOCC2)c1. The zero-order valence-electron chi connectivity index (χ0n) is 15.1. The fraction of sp³-hybridized carbons (Fsp3) is 0.211. The molecule has 1 amide bonds. The summed E-state index contributed by atoms with van der Waals surface area (Å²) in [5.74, 6) is -2.04. The maximum Gasteiger partial charge on any atom is 0.248 e. The lowest BCUT2D eigenvalue weighted by molar-refractivity contribution is -0.111. The third kappa shape index (κ3) is 5.27. The van der Waals surface area contributed by atoms with Crippen LogP contribution in [-0.4, -0.2) is 44.9 Å². The Bertz CT molecular complexity index is 1050. The lowest BCUT2D eigenvalue weighted by Crippen LogP contribution is -2.40. The maximum absolute atomic E-state index is 14.2. The van der Waals surface area contributed by atoms with Crippen LogP contribution in [0.1, 0.15) is 5.56 Å². The number of amides is 1. The van der Waals surface area contributed by atoms with Gasteiger partial charge in [-0.25, -0.2) is 17.2 Å². The molecule has 0 spiro atoms. The first-order valence-electron chi connectivity index (χ1n) is 8.59. The number of benzene rings is 2. The number of ether oxygens (including phenoxy) is 1. The van der Waals surface area contributed by atoms with Crippen molar-refractivity contribution in [3.63, 3.8) is 0 Å². The van der Waals surface area contributed by atoms with E-state index in [4.69, 9.17) is 4.74 Å². The molecular weight excluding hydrogens is 470 g/mol. The van der Waals surface area contributed by atoms with E-state index in [9.17, 15) is 22.0 Å². The number of hydrogen-bond acceptors (Lipinski definition) is 4. The van der Waals surface area contributed by atoms with E-state index in [0.717, 1.165) is 22.5 Å². The van der Waals surface area contributed by atoms with Gasteiger partial charge in [0.2, 0.25) is 15.9 Å². The summed E-state index contributed by atoms with van der Waals surface area (Å²) in [4.78, 5) is 11.6. The zero-order chi connectivity index (χ0) is 21.0. The highest BCUT2D eigenvalue weighted by Gasteiger charge is 2.29. The molecule has 0 aliphatic carbocycles. The van der Waals surface area contributed by atoms with Crippen molar-refractivity contribution >= 4 is 43.6 Å². The minimum absolute atomic E-state index is 0.0996. The van der Waals surface area contributed by atoms with E-state index in [1.165, 1.54) is 30.3 Å². The molecule has 0 unspecified atom stereocenters. The molecule has 1 N–H and O–H groups in total. The molecular formula is C19H17BrF2N2O4S. The van der Waals surface area contributed by atoms with Crippen LogP contribution in [0.15, 0.2) is 51.8 Å². The van der Waals surface area contributed by atoms with Gasteiger partial charge in [0.05, 0.1) is 13.2 Å². The lowest BCUT2D eigenvalue weighted by Gasteiger charge is -2.26. The summed E-state index contributed by atoms with van der Waals surface area (Å²) in [5.41, 5.74) is 0.298. The van der Waals surface area contributed by atoms with Crippen molar-refractivity contribution in [1.82, 2.24) is 4.31 Å². The van der Waals surface area contributed by atoms with Crippen molar-refractivity contribution in [2.45, 2.75) is 4.90 Å². The second kappa shape index (κ2) is 9.12. The molecule has 6 nitrogen and oxygen atoms in total. The van der Waals surface area contributed by atoms with Gasteiger partial charge in [0, 0.05) is 34.9 Å². The molecule has 1 fully saturated rings. The maximum atomic E-state index is 14.2.